The average Bonchev–Trinajstić information content (AvgIpc) is 2.79. The Morgan fingerprint density at radius 1 is 1.12 bits per heavy atom. The number of nitrogens with zero attached hydrogens (tertiary/aromatic N) is 3. The first-order valence-corrected chi connectivity index (χ1v) is 9.94. The molecule has 1 aromatic heterocycles. The normalized spacial score (nSPS) is 18.5. The van der Waals surface area contributed by atoms with Crippen LogP contribution in [-0.2, 0) is 13.0 Å². The SMILES string of the molecule is Cc1cc(Cl)ccc1-n1nc(CN2CCCCC2)c2c1NCCCC2. The zero-order valence-corrected chi connectivity index (χ0v) is 15.8. The highest BCUT2D eigenvalue weighted by Gasteiger charge is 2.23. The summed E-state index contributed by atoms with van der Waals surface area (Å²) in [6.45, 7) is 6.51. The van der Waals surface area contributed by atoms with Crippen LogP contribution in [0.4, 0.5) is 5.82 Å². The second-order valence-corrected chi connectivity index (χ2v) is 7.77. The number of rotatable bonds is 3. The Balaban J connectivity index is 1.73. The minimum Gasteiger partial charge on any atom is -0.370 e. The summed E-state index contributed by atoms with van der Waals surface area (Å²) in [5.41, 5.74) is 4.95. The molecular formula is C20H27ClN4. The molecule has 0 amide bonds. The Kier molecular flexibility index (Phi) is 5.00. The number of aromatic nitrogens is 2. The van der Waals surface area contributed by atoms with Gasteiger partial charge in [0.1, 0.15) is 5.82 Å². The molecule has 3 heterocycles. The molecule has 2 aliphatic rings. The molecule has 25 heavy (non-hydrogen) atoms. The molecule has 1 aromatic carbocycles. The van der Waals surface area contributed by atoms with Crippen molar-refractivity contribution in [3.63, 3.8) is 0 Å². The van der Waals surface area contributed by atoms with Crippen LogP contribution in [0, 0.1) is 6.92 Å². The number of halogens is 1. The molecular weight excluding hydrogens is 332 g/mol. The van der Waals surface area contributed by atoms with Crippen molar-refractivity contribution in [2.45, 2.75) is 52.0 Å². The van der Waals surface area contributed by atoms with Crippen LogP contribution in [0.15, 0.2) is 18.2 Å². The van der Waals surface area contributed by atoms with Crippen molar-refractivity contribution in [1.29, 1.82) is 0 Å². The standard InChI is InChI=1S/C20H27ClN4/c1-15-13-16(21)8-9-19(15)25-20-17(7-3-4-10-22-20)18(23-25)14-24-11-5-2-6-12-24/h8-9,13,22H,2-7,10-12,14H2,1H3. The zero-order valence-electron chi connectivity index (χ0n) is 15.0. The molecule has 0 unspecified atom stereocenters. The van der Waals surface area contributed by atoms with Crippen LogP contribution in [-0.4, -0.2) is 34.3 Å². The van der Waals surface area contributed by atoms with Gasteiger partial charge in [-0.05, 0) is 75.9 Å². The van der Waals surface area contributed by atoms with Crippen molar-refractivity contribution in [2.75, 3.05) is 25.0 Å². The maximum Gasteiger partial charge on any atom is 0.133 e. The van der Waals surface area contributed by atoms with Gasteiger partial charge < -0.3 is 5.32 Å². The summed E-state index contributed by atoms with van der Waals surface area (Å²) in [5, 5.41) is 9.48. The molecule has 0 bridgehead atoms. The molecule has 5 heteroatoms. The lowest BCUT2D eigenvalue weighted by Gasteiger charge is -2.25. The molecule has 1 saturated heterocycles. The fourth-order valence-electron chi connectivity index (χ4n) is 4.06. The molecule has 1 N–H and O–H groups in total. The summed E-state index contributed by atoms with van der Waals surface area (Å²) < 4.78 is 2.12. The molecule has 4 rings (SSSR count). The van der Waals surface area contributed by atoms with Crippen molar-refractivity contribution < 1.29 is 0 Å². The quantitative estimate of drug-likeness (QED) is 0.872. The molecule has 134 valence electrons. The number of benzene rings is 1. The maximum absolute atomic E-state index is 6.16. The van der Waals surface area contributed by atoms with Crippen LogP contribution in [0.25, 0.3) is 5.69 Å². The predicted molar refractivity (Wildman–Crippen MR) is 104 cm³/mol. The number of fused-ring (bicyclic) bond motifs is 1. The highest BCUT2D eigenvalue weighted by molar-refractivity contribution is 6.30. The number of aryl methyl sites for hydroxylation is 1. The summed E-state index contributed by atoms with van der Waals surface area (Å²) in [5.74, 6) is 1.19. The number of hydrogen-bond donors (Lipinski definition) is 1. The van der Waals surface area contributed by atoms with Crippen molar-refractivity contribution in [3.8, 4) is 5.69 Å². The third-order valence-corrected chi connectivity index (χ3v) is 5.66. The van der Waals surface area contributed by atoms with E-state index in [4.69, 9.17) is 16.7 Å². The largest absolute Gasteiger partial charge is 0.370 e. The predicted octanol–water partition coefficient (Wildman–Crippen LogP) is 4.57. The Labute approximate surface area is 155 Å². The van der Waals surface area contributed by atoms with E-state index in [-0.39, 0.29) is 0 Å². The Morgan fingerprint density at radius 3 is 2.76 bits per heavy atom. The smallest absolute Gasteiger partial charge is 0.133 e. The molecule has 0 saturated carbocycles. The number of anilines is 1. The number of piperidine rings is 1. The van der Waals surface area contributed by atoms with Crippen molar-refractivity contribution in [3.05, 3.63) is 40.0 Å². The van der Waals surface area contributed by atoms with Gasteiger partial charge in [-0.3, -0.25) is 4.90 Å². The maximum atomic E-state index is 6.16. The molecule has 2 aliphatic heterocycles. The van der Waals surface area contributed by atoms with E-state index in [1.54, 1.807) is 0 Å². The highest BCUT2D eigenvalue weighted by atomic mass is 35.5. The fraction of sp³-hybridized carbons (Fsp3) is 0.550. The van der Waals surface area contributed by atoms with Crippen LogP contribution in [0.5, 0.6) is 0 Å². The molecule has 4 nitrogen and oxygen atoms in total. The van der Waals surface area contributed by atoms with Crippen molar-refractivity contribution >= 4 is 17.4 Å². The summed E-state index contributed by atoms with van der Waals surface area (Å²) in [7, 11) is 0. The van der Waals surface area contributed by atoms with E-state index in [0.29, 0.717) is 0 Å². The van der Waals surface area contributed by atoms with Gasteiger partial charge in [0, 0.05) is 23.7 Å². The van der Waals surface area contributed by atoms with Gasteiger partial charge in [0.2, 0.25) is 0 Å². The lowest BCUT2D eigenvalue weighted by atomic mass is 10.1. The van der Waals surface area contributed by atoms with Gasteiger partial charge in [-0.25, -0.2) is 4.68 Å². The summed E-state index contributed by atoms with van der Waals surface area (Å²) in [6, 6.07) is 6.06. The molecule has 0 aliphatic carbocycles. The van der Waals surface area contributed by atoms with E-state index in [1.807, 2.05) is 12.1 Å². The van der Waals surface area contributed by atoms with Crippen LogP contribution in [0.2, 0.25) is 5.02 Å². The molecule has 0 atom stereocenters. The van der Waals surface area contributed by atoms with E-state index >= 15 is 0 Å². The second kappa shape index (κ2) is 7.38. The third-order valence-electron chi connectivity index (χ3n) is 5.42. The van der Waals surface area contributed by atoms with Crippen LogP contribution in [0.3, 0.4) is 0 Å². The zero-order chi connectivity index (χ0) is 17.2. The highest BCUT2D eigenvalue weighted by Crippen LogP contribution is 2.31. The van der Waals surface area contributed by atoms with E-state index in [1.165, 1.54) is 62.3 Å². The third kappa shape index (κ3) is 3.56. The Bertz CT molecular complexity index is 746. The number of nitrogens with one attached hydrogen (secondary N) is 1. The van der Waals surface area contributed by atoms with E-state index in [0.717, 1.165) is 35.8 Å². The minimum atomic E-state index is 0.779. The van der Waals surface area contributed by atoms with E-state index in [2.05, 4.69) is 27.9 Å². The van der Waals surface area contributed by atoms with Crippen LogP contribution in [0.1, 0.15) is 48.9 Å². The Morgan fingerprint density at radius 2 is 1.96 bits per heavy atom. The van der Waals surface area contributed by atoms with Crippen molar-refractivity contribution in [1.82, 2.24) is 14.7 Å². The molecule has 0 radical (unpaired) electrons. The average molecular weight is 359 g/mol. The van der Waals surface area contributed by atoms with Gasteiger partial charge in [-0.2, -0.15) is 5.10 Å². The van der Waals surface area contributed by atoms with Gasteiger partial charge in [0.25, 0.3) is 0 Å². The number of likely N-dealkylation sites (tertiary alicyclic amines) is 1. The molecule has 0 spiro atoms. The van der Waals surface area contributed by atoms with Crippen LogP contribution < -0.4 is 5.32 Å². The second-order valence-electron chi connectivity index (χ2n) is 7.34. The van der Waals surface area contributed by atoms with Crippen molar-refractivity contribution in [2.24, 2.45) is 0 Å². The van der Waals surface area contributed by atoms with Gasteiger partial charge in [-0.1, -0.05) is 18.0 Å². The molecule has 2 aromatic rings. The van der Waals surface area contributed by atoms with Gasteiger partial charge in [0.15, 0.2) is 0 Å². The van der Waals surface area contributed by atoms with Gasteiger partial charge >= 0.3 is 0 Å². The first-order chi connectivity index (χ1) is 12.2. The van der Waals surface area contributed by atoms with E-state index < -0.39 is 0 Å². The monoisotopic (exact) mass is 358 g/mol. The fourth-order valence-corrected chi connectivity index (χ4v) is 4.29. The van der Waals surface area contributed by atoms with E-state index in [9.17, 15) is 0 Å². The lowest BCUT2D eigenvalue weighted by molar-refractivity contribution is 0.217. The summed E-state index contributed by atoms with van der Waals surface area (Å²) in [4.78, 5) is 2.57. The Hall–Kier alpha value is -1.52. The first-order valence-electron chi connectivity index (χ1n) is 9.56. The van der Waals surface area contributed by atoms with Gasteiger partial charge in [0.05, 0.1) is 11.4 Å². The van der Waals surface area contributed by atoms with Crippen LogP contribution >= 0.6 is 11.6 Å². The lowest BCUT2D eigenvalue weighted by Crippen LogP contribution is -2.29. The minimum absolute atomic E-state index is 0.779. The first kappa shape index (κ1) is 16.9. The number of hydrogen-bond acceptors (Lipinski definition) is 3. The summed E-state index contributed by atoms with van der Waals surface area (Å²) >= 11 is 6.16. The molecule has 1 fully saturated rings. The topological polar surface area (TPSA) is 33.1 Å². The van der Waals surface area contributed by atoms with Gasteiger partial charge in [-0.15, -0.1) is 0 Å². The summed E-state index contributed by atoms with van der Waals surface area (Å²) in [6.07, 6.45) is 7.58.